The molecule has 0 amide bonds. The molecule has 0 radical (unpaired) electrons. The summed E-state index contributed by atoms with van der Waals surface area (Å²) in [6.07, 6.45) is -0.973. The van der Waals surface area contributed by atoms with Crippen LogP contribution in [0.4, 0.5) is 9.18 Å². The Morgan fingerprint density at radius 2 is 2.20 bits per heavy atom. The standard InChI is InChI=1S/C10H6FIO3/c11-8-4-1-2-5-9(8)15-10(13)14-7-3-6-12/h1-2,4-5H,7H2. The largest absolute Gasteiger partial charge is 0.514 e. The summed E-state index contributed by atoms with van der Waals surface area (Å²) in [4.78, 5) is 11.0. The summed E-state index contributed by atoms with van der Waals surface area (Å²) in [5.74, 6) is 1.72. The molecule has 1 aromatic rings. The minimum Gasteiger partial charge on any atom is -0.421 e. The van der Waals surface area contributed by atoms with Crippen molar-refractivity contribution in [3.05, 3.63) is 30.1 Å². The van der Waals surface area contributed by atoms with Crippen molar-refractivity contribution in [2.75, 3.05) is 6.61 Å². The van der Waals surface area contributed by atoms with Gasteiger partial charge in [-0.15, -0.1) is 0 Å². The van der Waals surface area contributed by atoms with Crippen molar-refractivity contribution in [1.82, 2.24) is 0 Å². The molecular weight excluding hydrogens is 314 g/mol. The van der Waals surface area contributed by atoms with Gasteiger partial charge >= 0.3 is 6.16 Å². The summed E-state index contributed by atoms with van der Waals surface area (Å²) in [5.41, 5.74) is 0. The first-order valence-corrected chi connectivity index (χ1v) is 4.99. The third-order valence-corrected chi connectivity index (χ3v) is 1.74. The molecule has 0 aromatic heterocycles. The molecule has 0 fully saturated rings. The van der Waals surface area contributed by atoms with E-state index in [0.29, 0.717) is 0 Å². The van der Waals surface area contributed by atoms with Crippen LogP contribution in [-0.2, 0) is 4.74 Å². The van der Waals surface area contributed by atoms with Gasteiger partial charge in [0.1, 0.15) is 0 Å². The van der Waals surface area contributed by atoms with Crippen LogP contribution in [0.2, 0.25) is 0 Å². The van der Waals surface area contributed by atoms with Crippen molar-refractivity contribution in [1.29, 1.82) is 0 Å². The van der Waals surface area contributed by atoms with Crippen LogP contribution in [-0.4, -0.2) is 12.8 Å². The van der Waals surface area contributed by atoms with Gasteiger partial charge in [-0.2, -0.15) is 0 Å². The van der Waals surface area contributed by atoms with E-state index in [2.05, 4.69) is 19.3 Å². The molecule has 0 N–H and O–H groups in total. The van der Waals surface area contributed by atoms with E-state index in [0.717, 1.165) is 0 Å². The molecule has 1 aromatic carbocycles. The van der Waals surface area contributed by atoms with E-state index in [4.69, 9.17) is 0 Å². The molecule has 0 aliphatic heterocycles. The number of carbonyl (C=O) groups is 1. The lowest BCUT2D eigenvalue weighted by Gasteiger charge is -2.03. The van der Waals surface area contributed by atoms with Crippen molar-refractivity contribution >= 4 is 28.7 Å². The molecule has 0 aliphatic carbocycles. The summed E-state index contributed by atoms with van der Waals surface area (Å²) < 4.78 is 24.6. The first-order chi connectivity index (χ1) is 7.24. The molecule has 0 bridgehead atoms. The fourth-order valence-electron chi connectivity index (χ4n) is 0.769. The highest BCUT2D eigenvalue weighted by atomic mass is 127. The van der Waals surface area contributed by atoms with Gasteiger partial charge in [-0.05, 0) is 16.1 Å². The van der Waals surface area contributed by atoms with Crippen LogP contribution in [0.15, 0.2) is 24.3 Å². The molecule has 1 rings (SSSR count). The number of hydrogen-bond donors (Lipinski definition) is 0. The van der Waals surface area contributed by atoms with Crippen molar-refractivity contribution < 1.29 is 18.7 Å². The van der Waals surface area contributed by atoms with Gasteiger partial charge < -0.3 is 9.47 Å². The zero-order valence-corrected chi connectivity index (χ0v) is 9.65. The fourth-order valence-corrected chi connectivity index (χ4v) is 0.925. The van der Waals surface area contributed by atoms with E-state index in [-0.39, 0.29) is 12.4 Å². The number of carbonyl (C=O) groups excluding carboxylic acids is 1. The normalized spacial score (nSPS) is 8.67. The Kier molecular flexibility index (Phi) is 4.90. The molecule has 0 saturated heterocycles. The van der Waals surface area contributed by atoms with Gasteiger partial charge in [0.05, 0.1) is 0 Å². The molecule has 5 heteroatoms. The molecule has 78 valence electrons. The molecule has 0 saturated carbocycles. The first-order valence-electron chi connectivity index (χ1n) is 3.91. The highest BCUT2D eigenvalue weighted by Crippen LogP contribution is 2.15. The number of para-hydroxylation sites is 1. The molecule has 0 heterocycles. The van der Waals surface area contributed by atoms with Crippen molar-refractivity contribution in [2.45, 2.75) is 0 Å². The van der Waals surface area contributed by atoms with E-state index in [1.54, 1.807) is 6.07 Å². The number of hydrogen-bond acceptors (Lipinski definition) is 3. The lowest BCUT2D eigenvalue weighted by atomic mass is 10.3. The summed E-state index contributed by atoms with van der Waals surface area (Å²) in [5, 5.41) is 0. The lowest BCUT2D eigenvalue weighted by Crippen LogP contribution is -2.11. The van der Waals surface area contributed by atoms with Gasteiger partial charge in [0.2, 0.25) is 0 Å². The molecule has 0 unspecified atom stereocenters. The average molecular weight is 320 g/mol. The Bertz CT molecular complexity index is 409. The van der Waals surface area contributed by atoms with Gasteiger partial charge in [-0.25, -0.2) is 9.18 Å². The Hall–Kier alpha value is -1.29. The summed E-state index contributed by atoms with van der Waals surface area (Å²) in [6, 6.07) is 5.57. The maximum absolute atomic E-state index is 13.0. The van der Waals surface area contributed by atoms with E-state index < -0.39 is 12.0 Å². The summed E-state index contributed by atoms with van der Waals surface area (Å²) in [7, 11) is 0. The smallest absolute Gasteiger partial charge is 0.421 e. The van der Waals surface area contributed by atoms with Gasteiger partial charge in [-0.3, -0.25) is 0 Å². The fraction of sp³-hybridized carbons (Fsp3) is 0.100. The highest BCUT2D eigenvalue weighted by Gasteiger charge is 2.08. The molecule has 0 atom stereocenters. The quantitative estimate of drug-likeness (QED) is 0.364. The van der Waals surface area contributed by atoms with Crippen LogP contribution in [0.3, 0.4) is 0 Å². The summed E-state index contributed by atoms with van der Waals surface area (Å²) in [6.45, 7) is -0.0732. The molecule has 15 heavy (non-hydrogen) atoms. The van der Waals surface area contributed by atoms with Crippen LogP contribution in [0.25, 0.3) is 0 Å². The van der Waals surface area contributed by atoms with Crippen LogP contribution in [0, 0.1) is 15.7 Å². The molecule has 3 nitrogen and oxygen atoms in total. The van der Waals surface area contributed by atoms with Crippen LogP contribution < -0.4 is 4.74 Å². The Balaban J connectivity index is 2.50. The number of halogens is 2. The second-order valence-electron chi connectivity index (χ2n) is 2.34. The second-order valence-corrected chi connectivity index (χ2v) is 2.88. The predicted molar refractivity (Wildman–Crippen MR) is 60.2 cm³/mol. The maximum atomic E-state index is 13.0. The highest BCUT2D eigenvalue weighted by molar-refractivity contribution is 14.1. The van der Waals surface area contributed by atoms with E-state index in [1.165, 1.54) is 18.2 Å². The van der Waals surface area contributed by atoms with E-state index >= 15 is 0 Å². The lowest BCUT2D eigenvalue weighted by molar-refractivity contribution is 0.109. The topological polar surface area (TPSA) is 35.5 Å². The van der Waals surface area contributed by atoms with Gasteiger partial charge in [0.15, 0.2) is 18.2 Å². The maximum Gasteiger partial charge on any atom is 0.514 e. The molecule has 0 spiro atoms. The minimum atomic E-state index is -0.973. The zero-order chi connectivity index (χ0) is 11.1. The SMILES string of the molecule is O=C(OCC#CI)Oc1ccccc1F. The number of rotatable bonds is 2. The second kappa shape index (κ2) is 6.24. The Labute approximate surface area is 99.7 Å². The third-order valence-electron chi connectivity index (χ3n) is 1.36. The van der Waals surface area contributed by atoms with Gasteiger partial charge in [0.25, 0.3) is 0 Å². The van der Waals surface area contributed by atoms with Gasteiger partial charge in [0, 0.05) is 22.6 Å². The minimum absolute atomic E-state index is 0.0732. The van der Waals surface area contributed by atoms with Crippen molar-refractivity contribution in [2.24, 2.45) is 0 Å². The Morgan fingerprint density at radius 1 is 1.47 bits per heavy atom. The Morgan fingerprint density at radius 3 is 2.87 bits per heavy atom. The van der Waals surface area contributed by atoms with Crippen LogP contribution in [0.5, 0.6) is 5.75 Å². The number of benzene rings is 1. The first kappa shape index (κ1) is 11.8. The predicted octanol–water partition coefficient (Wildman–Crippen LogP) is 2.74. The van der Waals surface area contributed by atoms with E-state index in [9.17, 15) is 9.18 Å². The van der Waals surface area contributed by atoms with Crippen molar-refractivity contribution in [3.63, 3.8) is 0 Å². The van der Waals surface area contributed by atoms with Crippen LogP contribution >= 0.6 is 22.6 Å². The summed E-state index contributed by atoms with van der Waals surface area (Å²) >= 11 is 1.81. The van der Waals surface area contributed by atoms with Crippen LogP contribution in [0.1, 0.15) is 0 Å². The molecule has 0 aliphatic rings. The van der Waals surface area contributed by atoms with Crippen molar-refractivity contribution in [3.8, 4) is 15.6 Å². The number of ether oxygens (including phenoxy) is 2. The monoisotopic (exact) mass is 320 g/mol. The third kappa shape index (κ3) is 4.16. The van der Waals surface area contributed by atoms with Gasteiger partial charge in [-0.1, -0.05) is 18.1 Å². The average Bonchev–Trinajstić information content (AvgIpc) is 2.22. The van der Waals surface area contributed by atoms with E-state index in [1.807, 2.05) is 22.6 Å². The molecular formula is C10H6FIO3. The zero-order valence-electron chi connectivity index (χ0n) is 7.50.